The number of rotatable bonds is 7. The van der Waals surface area contributed by atoms with E-state index in [1.807, 2.05) is 13.0 Å². The number of hydrogen-bond acceptors (Lipinski definition) is 2. The van der Waals surface area contributed by atoms with E-state index >= 15 is 0 Å². The summed E-state index contributed by atoms with van der Waals surface area (Å²) in [5, 5.41) is 3.55. The second-order valence-electron chi connectivity index (χ2n) is 6.16. The van der Waals surface area contributed by atoms with Gasteiger partial charge in [-0.15, -0.1) is 0 Å². The molecule has 0 saturated carbocycles. The van der Waals surface area contributed by atoms with Crippen molar-refractivity contribution >= 4 is 27.3 Å². The van der Waals surface area contributed by atoms with Gasteiger partial charge in [0.15, 0.2) is 0 Å². The molecule has 0 atom stereocenters. The highest BCUT2D eigenvalue weighted by atomic mass is 79.9. The zero-order valence-electron chi connectivity index (χ0n) is 12.6. The fourth-order valence-electron chi connectivity index (χ4n) is 2.11. The Bertz CT molecular complexity index is 413. The summed E-state index contributed by atoms with van der Waals surface area (Å²) in [5.41, 5.74) is 9.31. The lowest BCUT2D eigenvalue weighted by Crippen LogP contribution is -2.23. The molecule has 0 spiro atoms. The minimum atomic E-state index is 0.323. The standard InChI is InChI=1S/C16H27BrN2/c1-5-6-7-8-16(3,4)11-19-15-9-12(2)14(18)10-13(15)17/h9-10,19H,5-8,11,18H2,1-4H3. The number of aryl methyl sites for hydroxylation is 1. The van der Waals surface area contributed by atoms with Gasteiger partial charge in [0.25, 0.3) is 0 Å². The highest BCUT2D eigenvalue weighted by Crippen LogP contribution is 2.30. The van der Waals surface area contributed by atoms with E-state index < -0.39 is 0 Å². The van der Waals surface area contributed by atoms with Crippen LogP contribution in [0.15, 0.2) is 16.6 Å². The van der Waals surface area contributed by atoms with E-state index in [-0.39, 0.29) is 0 Å². The number of nitrogens with two attached hydrogens (primary N) is 1. The largest absolute Gasteiger partial charge is 0.398 e. The molecule has 2 nitrogen and oxygen atoms in total. The summed E-state index contributed by atoms with van der Waals surface area (Å²) in [6.07, 6.45) is 5.19. The summed E-state index contributed by atoms with van der Waals surface area (Å²) in [6.45, 7) is 9.93. The number of benzene rings is 1. The fourth-order valence-corrected chi connectivity index (χ4v) is 2.61. The molecule has 0 aromatic heterocycles. The molecule has 1 aromatic carbocycles. The Balaban J connectivity index is 2.58. The maximum Gasteiger partial charge on any atom is 0.0489 e. The first kappa shape index (κ1) is 16.4. The topological polar surface area (TPSA) is 38.0 Å². The Morgan fingerprint density at radius 2 is 1.95 bits per heavy atom. The summed E-state index contributed by atoms with van der Waals surface area (Å²) in [6, 6.07) is 4.09. The normalized spacial score (nSPS) is 11.6. The zero-order valence-corrected chi connectivity index (χ0v) is 14.2. The number of halogens is 1. The Hall–Kier alpha value is -0.700. The molecule has 108 valence electrons. The number of anilines is 2. The minimum Gasteiger partial charge on any atom is -0.398 e. The molecule has 0 bridgehead atoms. The third-order valence-electron chi connectivity index (χ3n) is 3.57. The van der Waals surface area contributed by atoms with Crippen molar-refractivity contribution in [2.45, 2.75) is 53.4 Å². The van der Waals surface area contributed by atoms with Crippen molar-refractivity contribution in [1.29, 1.82) is 0 Å². The summed E-state index contributed by atoms with van der Waals surface area (Å²) >= 11 is 3.57. The van der Waals surface area contributed by atoms with Gasteiger partial charge >= 0.3 is 0 Å². The van der Waals surface area contributed by atoms with Crippen LogP contribution in [-0.2, 0) is 0 Å². The molecule has 0 radical (unpaired) electrons. The Labute approximate surface area is 126 Å². The van der Waals surface area contributed by atoms with E-state index in [4.69, 9.17) is 5.73 Å². The number of unbranched alkanes of at least 4 members (excludes halogenated alkanes) is 2. The monoisotopic (exact) mass is 326 g/mol. The van der Waals surface area contributed by atoms with Gasteiger partial charge in [-0.2, -0.15) is 0 Å². The van der Waals surface area contributed by atoms with Crippen LogP contribution in [0.2, 0.25) is 0 Å². The van der Waals surface area contributed by atoms with Gasteiger partial charge in [-0.05, 0) is 52.4 Å². The first-order valence-electron chi connectivity index (χ1n) is 7.15. The number of nitrogen functional groups attached to an aromatic ring is 1. The molecule has 0 fully saturated rings. The van der Waals surface area contributed by atoms with Crippen LogP contribution >= 0.6 is 15.9 Å². The van der Waals surface area contributed by atoms with Crippen molar-refractivity contribution in [3.63, 3.8) is 0 Å². The van der Waals surface area contributed by atoms with Gasteiger partial charge in [0.2, 0.25) is 0 Å². The Kier molecular flexibility index (Phi) is 6.18. The van der Waals surface area contributed by atoms with Crippen LogP contribution in [-0.4, -0.2) is 6.54 Å². The van der Waals surface area contributed by atoms with Crippen LogP contribution in [0, 0.1) is 12.3 Å². The molecule has 19 heavy (non-hydrogen) atoms. The van der Waals surface area contributed by atoms with Gasteiger partial charge in [-0.1, -0.05) is 40.0 Å². The number of hydrogen-bond donors (Lipinski definition) is 2. The first-order chi connectivity index (χ1) is 8.85. The molecule has 0 aliphatic carbocycles. The molecule has 3 N–H and O–H groups in total. The van der Waals surface area contributed by atoms with Crippen molar-refractivity contribution in [1.82, 2.24) is 0 Å². The molecule has 0 saturated heterocycles. The molecular weight excluding hydrogens is 300 g/mol. The molecule has 0 aliphatic rings. The van der Waals surface area contributed by atoms with Gasteiger partial charge in [0.05, 0.1) is 0 Å². The van der Waals surface area contributed by atoms with Crippen LogP contribution in [0.1, 0.15) is 52.0 Å². The molecular formula is C16H27BrN2. The average molecular weight is 327 g/mol. The lowest BCUT2D eigenvalue weighted by molar-refractivity contribution is 0.342. The van der Waals surface area contributed by atoms with E-state index in [2.05, 4.69) is 48.1 Å². The van der Waals surface area contributed by atoms with Gasteiger partial charge in [0, 0.05) is 22.4 Å². The lowest BCUT2D eigenvalue weighted by atomic mass is 9.87. The van der Waals surface area contributed by atoms with E-state index in [9.17, 15) is 0 Å². The fraction of sp³-hybridized carbons (Fsp3) is 0.625. The third kappa shape index (κ3) is 5.43. The van der Waals surface area contributed by atoms with Gasteiger partial charge in [0.1, 0.15) is 0 Å². The molecule has 3 heteroatoms. The second-order valence-corrected chi connectivity index (χ2v) is 7.02. The highest BCUT2D eigenvalue weighted by Gasteiger charge is 2.17. The van der Waals surface area contributed by atoms with Crippen molar-refractivity contribution in [3.05, 3.63) is 22.2 Å². The number of nitrogens with one attached hydrogen (secondary N) is 1. The van der Waals surface area contributed by atoms with Gasteiger partial charge < -0.3 is 11.1 Å². The summed E-state index contributed by atoms with van der Waals surface area (Å²) in [5.74, 6) is 0. The Morgan fingerprint density at radius 3 is 2.58 bits per heavy atom. The van der Waals surface area contributed by atoms with Crippen LogP contribution < -0.4 is 11.1 Å². The molecule has 0 unspecified atom stereocenters. The molecule has 0 amide bonds. The minimum absolute atomic E-state index is 0.323. The Morgan fingerprint density at radius 1 is 1.26 bits per heavy atom. The molecule has 0 heterocycles. The lowest BCUT2D eigenvalue weighted by Gasteiger charge is -2.26. The van der Waals surface area contributed by atoms with Crippen LogP contribution in [0.4, 0.5) is 11.4 Å². The smallest absolute Gasteiger partial charge is 0.0489 e. The van der Waals surface area contributed by atoms with Crippen LogP contribution in [0.3, 0.4) is 0 Å². The van der Waals surface area contributed by atoms with E-state index in [1.54, 1.807) is 0 Å². The quantitative estimate of drug-likeness (QED) is 0.523. The molecule has 1 rings (SSSR count). The van der Waals surface area contributed by atoms with Crippen LogP contribution in [0.5, 0.6) is 0 Å². The molecule has 1 aromatic rings. The maximum atomic E-state index is 5.89. The zero-order chi connectivity index (χ0) is 14.5. The first-order valence-corrected chi connectivity index (χ1v) is 7.94. The van der Waals surface area contributed by atoms with E-state index in [0.717, 1.165) is 28.0 Å². The maximum absolute atomic E-state index is 5.89. The summed E-state index contributed by atoms with van der Waals surface area (Å²) in [4.78, 5) is 0. The third-order valence-corrected chi connectivity index (χ3v) is 4.23. The predicted octanol–water partition coefficient (Wildman–Crippen LogP) is 5.36. The molecule has 0 aliphatic heterocycles. The van der Waals surface area contributed by atoms with Crippen molar-refractivity contribution < 1.29 is 0 Å². The van der Waals surface area contributed by atoms with Crippen molar-refractivity contribution in [2.24, 2.45) is 5.41 Å². The van der Waals surface area contributed by atoms with Gasteiger partial charge in [-0.3, -0.25) is 0 Å². The van der Waals surface area contributed by atoms with E-state index in [0.29, 0.717) is 5.41 Å². The van der Waals surface area contributed by atoms with E-state index in [1.165, 1.54) is 25.7 Å². The SMILES string of the molecule is CCCCCC(C)(C)CNc1cc(C)c(N)cc1Br. The highest BCUT2D eigenvalue weighted by molar-refractivity contribution is 9.10. The van der Waals surface area contributed by atoms with Crippen LogP contribution in [0.25, 0.3) is 0 Å². The predicted molar refractivity (Wildman–Crippen MR) is 89.7 cm³/mol. The second kappa shape index (κ2) is 7.18. The summed E-state index contributed by atoms with van der Waals surface area (Å²) in [7, 11) is 0. The summed E-state index contributed by atoms with van der Waals surface area (Å²) < 4.78 is 1.04. The van der Waals surface area contributed by atoms with Crippen molar-refractivity contribution in [3.8, 4) is 0 Å². The van der Waals surface area contributed by atoms with Crippen molar-refractivity contribution in [2.75, 3.05) is 17.6 Å². The van der Waals surface area contributed by atoms with Gasteiger partial charge in [-0.25, -0.2) is 0 Å². The average Bonchev–Trinajstić information content (AvgIpc) is 2.32.